The second-order valence-electron chi connectivity index (χ2n) is 8.51. The Hall–Kier alpha value is -1.55. The van der Waals surface area contributed by atoms with Gasteiger partial charge in [0, 0.05) is 0 Å². The van der Waals surface area contributed by atoms with E-state index in [1.807, 2.05) is 78.9 Å². The molecular formula is C26H27Cl3OSi. The molecule has 31 heavy (non-hydrogen) atoms. The Balaban J connectivity index is 2.17. The van der Waals surface area contributed by atoms with Gasteiger partial charge in [0.15, 0.2) is 0 Å². The van der Waals surface area contributed by atoms with Gasteiger partial charge in [0.05, 0.1) is 0 Å². The van der Waals surface area contributed by atoms with Gasteiger partial charge < -0.3 is 4.43 Å². The highest BCUT2D eigenvalue weighted by atomic mass is 35.6. The lowest BCUT2D eigenvalue weighted by molar-refractivity contribution is 0.238. The smallest absolute Gasteiger partial charge is 0.262 e. The van der Waals surface area contributed by atoms with Crippen LogP contribution >= 0.6 is 34.8 Å². The molecule has 3 aromatic rings. The van der Waals surface area contributed by atoms with Crippen molar-refractivity contribution in [2.75, 3.05) is 0 Å². The standard InChI is InChI=1S/C26H27Cl3OSi/c1-25(2,3)31(22-15-9-5-10-16-22,23-17-11-6-12-18-23)30-24(26(27,28)29)20-19-21-13-7-4-8-14-21/h4-20,24H,1-3H3/b20-19+. The van der Waals surface area contributed by atoms with E-state index < -0.39 is 18.2 Å². The molecule has 0 radical (unpaired) electrons. The number of hydrogen-bond donors (Lipinski definition) is 0. The van der Waals surface area contributed by atoms with Crippen molar-refractivity contribution in [1.82, 2.24) is 0 Å². The molecule has 0 saturated heterocycles. The summed E-state index contributed by atoms with van der Waals surface area (Å²) in [7, 11) is -2.86. The van der Waals surface area contributed by atoms with Gasteiger partial charge >= 0.3 is 0 Å². The average molecular weight is 490 g/mol. The Morgan fingerprint density at radius 3 is 1.52 bits per heavy atom. The number of benzene rings is 3. The molecule has 1 unspecified atom stereocenters. The molecule has 0 amide bonds. The molecule has 1 nitrogen and oxygen atoms in total. The number of rotatable bonds is 6. The molecule has 0 heterocycles. The third-order valence-electron chi connectivity index (χ3n) is 5.31. The fourth-order valence-electron chi connectivity index (χ4n) is 3.86. The van der Waals surface area contributed by atoms with Crippen LogP contribution in [0, 0.1) is 0 Å². The molecule has 0 bridgehead atoms. The van der Waals surface area contributed by atoms with Gasteiger partial charge in [0.2, 0.25) is 3.79 Å². The summed E-state index contributed by atoms with van der Waals surface area (Å²) in [5.41, 5.74) is 1.02. The van der Waals surface area contributed by atoms with E-state index in [0.717, 1.165) is 15.9 Å². The van der Waals surface area contributed by atoms with Crippen LogP contribution in [0.15, 0.2) is 97.1 Å². The van der Waals surface area contributed by atoms with Crippen molar-refractivity contribution in [3.8, 4) is 0 Å². The molecule has 3 rings (SSSR count). The predicted molar refractivity (Wildman–Crippen MR) is 138 cm³/mol. The molecule has 0 spiro atoms. The van der Waals surface area contributed by atoms with Crippen molar-refractivity contribution in [3.63, 3.8) is 0 Å². The lowest BCUT2D eigenvalue weighted by atomic mass is 10.2. The van der Waals surface area contributed by atoms with E-state index in [4.69, 9.17) is 39.2 Å². The quantitative estimate of drug-likeness (QED) is 0.267. The minimum Gasteiger partial charge on any atom is -0.397 e. The maximum atomic E-state index is 7.02. The maximum absolute atomic E-state index is 7.02. The van der Waals surface area contributed by atoms with Crippen molar-refractivity contribution >= 4 is 59.6 Å². The monoisotopic (exact) mass is 488 g/mol. The van der Waals surface area contributed by atoms with Crippen LogP contribution in [0.4, 0.5) is 0 Å². The molecule has 1 atom stereocenters. The van der Waals surface area contributed by atoms with E-state index >= 15 is 0 Å². The first-order valence-electron chi connectivity index (χ1n) is 10.2. The van der Waals surface area contributed by atoms with E-state index in [1.165, 1.54) is 0 Å². The predicted octanol–water partition coefficient (Wildman–Crippen LogP) is 7.02. The van der Waals surface area contributed by atoms with Gasteiger partial charge in [0.1, 0.15) is 6.10 Å². The van der Waals surface area contributed by atoms with Crippen molar-refractivity contribution < 1.29 is 4.43 Å². The maximum Gasteiger partial charge on any atom is 0.262 e. The number of halogens is 3. The molecule has 162 valence electrons. The summed E-state index contributed by atoms with van der Waals surface area (Å²) < 4.78 is 5.39. The molecule has 0 aliphatic carbocycles. The summed E-state index contributed by atoms with van der Waals surface area (Å²) in [5.74, 6) is 0. The van der Waals surface area contributed by atoms with Crippen LogP contribution in [0.25, 0.3) is 6.08 Å². The minimum atomic E-state index is -2.86. The van der Waals surface area contributed by atoms with E-state index in [1.54, 1.807) is 0 Å². The lowest BCUT2D eigenvalue weighted by Gasteiger charge is -2.45. The third-order valence-corrected chi connectivity index (χ3v) is 11.0. The van der Waals surface area contributed by atoms with Crippen LogP contribution in [0.1, 0.15) is 26.3 Å². The van der Waals surface area contributed by atoms with Gasteiger partial charge in [-0.3, -0.25) is 0 Å². The minimum absolute atomic E-state index is 0.218. The Labute approximate surface area is 201 Å². The summed E-state index contributed by atoms with van der Waals surface area (Å²) in [6, 6.07) is 30.6. The molecule has 0 saturated carbocycles. The fourth-order valence-corrected chi connectivity index (χ4v) is 9.09. The van der Waals surface area contributed by atoms with Crippen molar-refractivity contribution in [1.29, 1.82) is 0 Å². The van der Waals surface area contributed by atoms with E-state index in [2.05, 4.69) is 45.0 Å². The van der Waals surface area contributed by atoms with E-state index in [0.29, 0.717) is 0 Å². The molecule has 0 aromatic heterocycles. The van der Waals surface area contributed by atoms with Gasteiger partial charge in [-0.25, -0.2) is 0 Å². The molecule has 0 N–H and O–H groups in total. The Morgan fingerprint density at radius 1 is 0.710 bits per heavy atom. The second-order valence-corrected chi connectivity index (χ2v) is 15.1. The summed E-state index contributed by atoms with van der Waals surface area (Å²) in [4.78, 5) is 0. The Morgan fingerprint density at radius 2 is 1.13 bits per heavy atom. The molecule has 5 heteroatoms. The molecule has 0 aliphatic heterocycles. The zero-order valence-corrected chi connectivity index (χ0v) is 21.2. The van der Waals surface area contributed by atoms with Gasteiger partial charge in [-0.05, 0) is 21.0 Å². The molecule has 0 aliphatic rings. The van der Waals surface area contributed by atoms with Crippen LogP contribution in [0.2, 0.25) is 5.04 Å². The summed E-state index contributed by atoms with van der Waals surface area (Å²) in [6.07, 6.45) is 3.08. The highest BCUT2D eigenvalue weighted by molar-refractivity contribution is 6.99. The van der Waals surface area contributed by atoms with Gasteiger partial charge in [0.25, 0.3) is 8.32 Å². The lowest BCUT2D eigenvalue weighted by Crippen LogP contribution is -2.68. The number of alkyl halides is 3. The van der Waals surface area contributed by atoms with E-state index in [-0.39, 0.29) is 5.04 Å². The Bertz CT molecular complexity index is 938. The van der Waals surface area contributed by atoms with Gasteiger partial charge in [-0.2, -0.15) is 0 Å². The molecule has 3 aromatic carbocycles. The molecule has 0 fully saturated rings. The summed E-state index contributed by atoms with van der Waals surface area (Å²) >= 11 is 19.4. The molecular weight excluding hydrogens is 463 g/mol. The van der Waals surface area contributed by atoms with Crippen molar-refractivity contribution in [2.24, 2.45) is 0 Å². The highest BCUT2D eigenvalue weighted by Gasteiger charge is 2.53. The zero-order chi connectivity index (χ0) is 22.5. The van der Waals surface area contributed by atoms with Gasteiger partial charge in [-0.1, -0.05) is 159 Å². The van der Waals surface area contributed by atoms with Crippen LogP contribution in [0.3, 0.4) is 0 Å². The van der Waals surface area contributed by atoms with Crippen LogP contribution in [-0.4, -0.2) is 18.2 Å². The summed E-state index contributed by atoms with van der Waals surface area (Å²) in [5, 5.41) is 2.06. The van der Waals surface area contributed by atoms with Crippen molar-refractivity contribution in [3.05, 3.63) is 103 Å². The number of hydrogen-bond acceptors (Lipinski definition) is 1. The normalized spacial score (nSPS) is 14.0. The van der Waals surface area contributed by atoms with E-state index in [9.17, 15) is 0 Å². The van der Waals surface area contributed by atoms with Crippen LogP contribution < -0.4 is 10.4 Å². The third kappa shape index (κ3) is 5.63. The zero-order valence-electron chi connectivity index (χ0n) is 17.9. The Kier molecular flexibility index (Phi) is 7.72. The SMILES string of the molecule is CC(C)(C)[Si](OC(/C=C/c1ccccc1)C(Cl)(Cl)Cl)(c1ccccc1)c1ccccc1. The first-order chi connectivity index (χ1) is 14.6. The highest BCUT2D eigenvalue weighted by Crippen LogP contribution is 2.42. The first kappa shape index (κ1) is 24.1. The fraction of sp³-hybridized carbons (Fsp3) is 0.231. The van der Waals surface area contributed by atoms with Crippen LogP contribution in [0.5, 0.6) is 0 Å². The largest absolute Gasteiger partial charge is 0.397 e. The second kappa shape index (κ2) is 9.93. The summed E-state index contributed by atoms with van der Waals surface area (Å²) in [6.45, 7) is 6.61. The first-order valence-corrected chi connectivity index (χ1v) is 13.3. The topological polar surface area (TPSA) is 9.23 Å². The van der Waals surface area contributed by atoms with Crippen LogP contribution in [-0.2, 0) is 4.43 Å². The van der Waals surface area contributed by atoms with Gasteiger partial charge in [-0.15, -0.1) is 0 Å². The average Bonchev–Trinajstić information content (AvgIpc) is 2.74. The van der Waals surface area contributed by atoms with Crippen molar-refractivity contribution in [2.45, 2.75) is 35.7 Å².